The molecule has 5 rings (SSSR count). The topological polar surface area (TPSA) is 95.8 Å². The van der Waals surface area contributed by atoms with Crippen LogP contribution in [0.2, 0.25) is 0 Å². The fraction of sp³-hybridized carbons (Fsp3) is 0.208. The van der Waals surface area contributed by atoms with Crippen molar-refractivity contribution in [1.29, 1.82) is 5.26 Å². The summed E-state index contributed by atoms with van der Waals surface area (Å²) in [6.45, 7) is 2.01. The van der Waals surface area contributed by atoms with Crippen molar-refractivity contribution in [3.8, 4) is 17.3 Å². The number of nitrogens with two attached hydrogens (primary N) is 1. The number of hydrogen-bond donors (Lipinski definition) is 2. The number of aryl methyl sites for hydroxylation is 1. The lowest BCUT2D eigenvalue weighted by Crippen LogP contribution is -2.26. The number of para-hydroxylation sites is 1. The van der Waals surface area contributed by atoms with Crippen molar-refractivity contribution in [1.82, 2.24) is 19.4 Å². The van der Waals surface area contributed by atoms with Crippen LogP contribution in [0.5, 0.6) is 0 Å². The maximum absolute atomic E-state index is 9.66. The Morgan fingerprint density at radius 3 is 2.87 bits per heavy atom. The lowest BCUT2D eigenvalue weighted by Gasteiger charge is -2.25. The van der Waals surface area contributed by atoms with E-state index in [0.717, 1.165) is 41.7 Å². The monoisotopic (exact) mass is 409 g/mol. The molecule has 0 fully saturated rings. The molecule has 2 aromatic heterocycles. The van der Waals surface area contributed by atoms with Crippen LogP contribution >= 0.6 is 0 Å². The Bertz CT molecular complexity index is 1350. The van der Waals surface area contributed by atoms with Crippen LogP contribution in [0.1, 0.15) is 16.7 Å². The average molecular weight is 409 g/mol. The molecular weight excluding hydrogens is 386 g/mol. The van der Waals surface area contributed by atoms with Crippen LogP contribution in [-0.2, 0) is 20.0 Å². The molecule has 0 bridgehead atoms. The van der Waals surface area contributed by atoms with Crippen molar-refractivity contribution < 1.29 is 0 Å². The van der Waals surface area contributed by atoms with E-state index >= 15 is 0 Å². The van der Waals surface area contributed by atoms with Gasteiger partial charge in [-0.1, -0.05) is 18.2 Å². The minimum Gasteiger partial charge on any atom is -0.397 e. The molecule has 31 heavy (non-hydrogen) atoms. The molecule has 7 nitrogen and oxygen atoms in total. The lowest BCUT2D eigenvalue weighted by molar-refractivity contribution is 0.313. The largest absolute Gasteiger partial charge is 0.397 e. The van der Waals surface area contributed by atoms with Gasteiger partial charge in [0, 0.05) is 43.0 Å². The van der Waals surface area contributed by atoms with Crippen molar-refractivity contribution in [3.63, 3.8) is 0 Å². The second-order valence-corrected chi connectivity index (χ2v) is 8.06. The highest BCUT2D eigenvalue weighted by Gasteiger charge is 2.17. The predicted molar refractivity (Wildman–Crippen MR) is 123 cm³/mol. The average Bonchev–Trinajstić information content (AvgIpc) is 3.11. The maximum atomic E-state index is 9.66. The fourth-order valence-electron chi connectivity index (χ4n) is 4.32. The standard InChI is InChI=1S/C24H23N7/c1-30-9-8-15-6-7-18(10-16(15)13-30)28-24-27-12-17(11-25)22(29-24)20-14-31(2)23-19(20)4-3-5-21(23)26/h3-7,10,12,14H,8-9,13,26H2,1-2H3,(H,27,28,29). The molecule has 0 amide bonds. The van der Waals surface area contributed by atoms with E-state index in [4.69, 9.17) is 10.7 Å². The van der Waals surface area contributed by atoms with Gasteiger partial charge in [-0.25, -0.2) is 9.97 Å². The fourth-order valence-corrected chi connectivity index (χ4v) is 4.32. The van der Waals surface area contributed by atoms with Crippen molar-refractivity contribution in [2.75, 3.05) is 24.6 Å². The normalized spacial score (nSPS) is 13.7. The number of nitrogens with one attached hydrogen (secondary N) is 1. The van der Waals surface area contributed by atoms with Gasteiger partial charge in [-0.05, 0) is 42.8 Å². The third kappa shape index (κ3) is 3.37. The first kappa shape index (κ1) is 19.1. The van der Waals surface area contributed by atoms with Gasteiger partial charge in [0.15, 0.2) is 0 Å². The molecule has 0 aliphatic carbocycles. The van der Waals surface area contributed by atoms with Crippen molar-refractivity contribution in [3.05, 3.63) is 65.5 Å². The van der Waals surface area contributed by atoms with Gasteiger partial charge in [-0.2, -0.15) is 5.26 Å². The third-order valence-electron chi connectivity index (χ3n) is 5.86. The molecule has 1 aliphatic heterocycles. The molecule has 0 radical (unpaired) electrons. The molecule has 0 saturated carbocycles. The molecule has 2 aromatic carbocycles. The Balaban J connectivity index is 1.56. The van der Waals surface area contributed by atoms with Gasteiger partial charge < -0.3 is 20.5 Å². The summed E-state index contributed by atoms with van der Waals surface area (Å²) in [6.07, 6.45) is 4.60. The number of nitrogens with zero attached hydrogens (tertiary/aromatic N) is 5. The summed E-state index contributed by atoms with van der Waals surface area (Å²) >= 11 is 0. The first-order chi connectivity index (χ1) is 15.0. The van der Waals surface area contributed by atoms with E-state index in [-0.39, 0.29) is 0 Å². The van der Waals surface area contributed by atoms with E-state index in [9.17, 15) is 5.26 Å². The first-order valence-corrected chi connectivity index (χ1v) is 10.2. The van der Waals surface area contributed by atoms with E-state index in [1.807, 2.05) is 36.0 Å². The zero-order valence-electron chi connectivity index (χ0n) is 17.6. The summed E-state index contributed by atoms with van der Waals surface area (Å²) in [6, 6.07) is 14.4. The summed E-state index contributed by atoms with van der Waals surface area (Å²) in [5.41, 5.74) is 13.3. The number of anilines is 3. The Morgan fingerprint density at radius 1 is 1.16 bits per heavy atom. The van der Waals surface area contributed by atoms with E-state index in [2.05, 4.69) is 46.5 Å². The second kappa shape index (κ2) is 7.42. The summed E-state index contributed by atoms with van der Waals surface area (Å²) in [5.74, 6) is 0.457. The van der Waals surface area contributed by atoms with Crippen LogP contribution in [0.25, 0.3) is 22.2 Å². The lowest BCUT2D eigenvalue weighted by atomic mass is 9.99. The zero-order valence-corrected chi connectivity index (χ0v) is 17.6. The highest BCUT2D eigenvalue weighted by molar-refractivity contribution is 6.01. The molecule has 1 aliphatic rings. The molecule has 0 atom stereocenters. The smallest absolute Gasteiger partial charge is 0.227 e. The molecule has 7 heteroatoms. The summed E-state index contributed by atoms with van der Waals surface area (Å²) in [5, 5.41) is 13.9. The zero-order chi connectivity index (χ0) is 21.5. The van der Waals surface area contributed by atoms with Crippen LogP contribution in [0.15, 0.2) is 48.8 Å². The number of nitriles is 1. The summed E-state index contributed by atoms with van der Waals surface area (Å²) in [7, 11) is 4.08. The van der Waals surface area contributed by atoms with Crippen LogP contribution in [0.4, 0.5) is 17.3 Å². The van der Waals surface area contributed by atoms with Crippen LogP contribution in [0.3, 0.4) is 0 Å². The number of benzene rings is 2. The molecular formula is C24H23N7. The highest BCUT2D eigenvalue weighted by atomic mass is 15.1. The van der Waals surface area contributed by atoms with Gasteiger partial charge in [-0.3, -0.25) is 0 Å². The van der Waals surface area contributed by atoms with Gasteiger partial charge in [0.25, 0.3) is 0 Å². The third-order valence-corrected chi connectivity index (χ3v) is 5.86. The second-order valence-electron chi connectivity index (χ2n) is 8.06. The maximum Gasteiger partial charge on any atom is 0.227 e. The number of likely N-dealkylation sites (N-methyl/N-ethyl adjacent to an activating group) is 1. The van der Waals surface area contributed by atoms with Gasteiger partial charge >= 0.3 is 0 Å². The highest BCUT2D eigenvalue weighted by Crippen LogP contribution is 2.34. The Morgan fingerprint density at radius 2 is 2.03 bits per heavy atom. The number of hydrogen-bond acceptors (Lipinski definition) is 6. The Kier molecular flexibility index (Phi) is 4.57. The summed E-state index contributed by atoms with van der Waals surface area (Å²) < 4.78 is 1.97. The molecule has 3 heterocycles. The van der Waals surface area contributed by atoms with Crippen molar-refractivity contribution in [2.24, 2.45) is 7.05 Å². The molecule has 4 aromatic rings. The quantitative estimate of drug-likeness (QED) is 0.500. The van der Waals surface area contributed by atoms with E-state index in [0.29, 0.717) is 22.9 Å². The number of rotatable bonds is 3. The van der Waals surface area contributed by atoms with Crippen LogP contribution in [0, 0.1) is 11.3 Å². The van der Waals surface area contributed by atoms with Crippen LogP contribution < -0.4 is 11.1 Å². The number of fused-ring (bicyclic) bond motifs is 2. The van der Waals surface area contributed by atoms with Crippen molar-refractivity contribution in [2.45, 2.75) is 13.0 Å². The van der Waals surface area contributed by atoms with E-state index in [1.165, 1.54) is 11.1 Å². The Labute approximate surface area is 180 Å². The first-order valence-electron chi connectivity index (χ1n) is 10.2. The summed E-state index contributed by atoms with van der Waals surface area (Å²) in [4.78, 5) is 11.4. The SMILES string of the molecule is CN1CCc2ccc(Nc3ncc(C#N)c(-c4cn(C)c5c(N)cccc45)n3)cc2C1. The molecule has 0 saturated heterocycles. The molecule has 154 valence electrons. The minimum atomic E-state index is 0.424. The van der Waals surface area contributed by atoms with Gasteiger partial charge in [0.2, 0.25) is 5.95 Å². The molecule has 0 spiro atoms. The number of nitrogen functional groups attached to an aromatic ring is 1. The molecule has 3 N–H and O–H groups in total. The molecule has 0 unspecified atom stereocenters. The van der Waals surface area contributed by atoms with Gasteiger partial charge in [0.1, 0.15) is 6.07 Å². The Hall–Kier alpha value is -3.89. The van der Waals surface area contributed by atoms with E-state index < -0.39 is 0 Å². The predicted octanol–water partition coefficient (Wildman–Crippen LogP) is 3.82. The van der Waals surface area contributed by atoms with E-state index in [1.54, 1.807) is 6.20 Å². The van der Waals surface area contributed by atoms with Gasteiger partial charge in [-0.15, -0.1) is 0 Å². The number of aromatic nitrogens is 3. The van der Waals surface area contributed by atoms with Crippen LogP contribution in [-0.4, -0.2) is 33.0 Å². The minimum absolute atomic E-state index is 0.424. The van der Waals surface area contributed by atoms with Crippen molar-refractivity contribution >= 4 is 28.2 Å². The van der Waals surface area contributed by atoms with Gasteiger partial charge in [0.05, 0.1) is 28.7 Å².